The highest BCUT2D eigenvalue weighted by atomic mass is 35.5. The average Bonchev–Trinajstić information content (AvgIpc) is 2.46. The molecule has 2 unspecified atom stereocenters. The standard InChI is InChI=1S/C15H23ClN2O/c1-12(13-3-5-14(16)6-4-13)18(2)9-7-15-11-19-10-8-17-15/h3-6,12,15,17H,7-11H2,1-2H3. The lowest BCUT2D eigenvalue weighted by atomic mass is 10.1. The molecule has 0 amide bonds. The summed E-state index contributed by atoms with van der Waals surface area (Å²) in [6.07, 6.45) is 1.12. The topological polar surface area (TPSA) is 24.5 Å². The third-order valence-corrected chi connectivity index (χ3v) is 4.09. The fourth-order valence-corrected chi connectivity index (χ4v) is 2.48. The van der Waals surface area contributed by atoms with Crippen LogP contribution in [0.15, 0.2) is 24.3 Å². The van der Waals surface area contributed by atoms with E-state index in [4.69, 9.17) is 16.3 Å². The van der Waals surface area contributed by atoms with Gasteiger partial charge < -0.3 is 10.1 Å². The number of rotatable bonds is 5. The Balaban J connectivity index is 1.81. The Labute approximate surface area is 120 Å². The molecule has 2 atom stereocenters. The molecule has 0 aromatic heterocycles. The number of nitrogens with one attached hydrogen (secondary N) is 1. The summed E-state index contributed by atoms with van der Waals surface area (Å²) in [5.74, 6) is 0. The second kappa shape index (κ2) is 7.25. The summed E-state index contributed by atoms with van der Waals surface area (Å²) in [5, 5.41) is 4.29. The number of ether oxygens (including phenoxy) is 1. The minimum Gasteiger partial charge on any atom is -0.379 e. The number of hydrogen-bond donors (Lipinski definition) is 1. The Hall–Kier alpha value is -0.610. The minimum atomic E-state index is 0.404. The van der Waals surface area contributed by atoms with Gasteiger partial charge in [-0.15, -0.1) is 0 Å². The SMILES string of the molecule is CC(c1ccc(Cl)cc1)N(C)CCC1COCCN1. The van der Waals surface area contributed by atoms with Crippen LogP contribution in [0.5, 0.6) is 0 Å². The van der Waals surface area contributed by atoms with Gasteiger partial charge in [0, 0.05) is 23.7 Å². The predicted octanol–water partition coefficient (Wildman–Crippen LogP) is 2.71. The Morgan fingerprint density at radius 1 is 1.42 bits per heavy atom. The lowest BCUT2D eigenvalue weighted by Gasteiger charge is -2.29. The van der Waals surface area contributed by atoms with Gasteiger partial charge >= 0.3 is 0 Å². The molecule has 4 heteroatoms. The van der Waals surface area contributed by atoms with E-state index in [-0.39, 0.29) is 0 Å². The van der Waals surface area contributed by atoms with Crippen LogP contribution < -0.4 is 5.32 Å². The zero-order chi connectivity index (χ0) is 13.7. The monoisotopic (exact) mass is 282 g/mol. The molecule has 1 heterocycles. The van der Waals surface area contributed by atoms with Crippen molar-refractivity contribution in [3.05, 3.63) is 34.9 Å². The quantitative estimate of drug-likeness (QED) is 0.899. The summed E-state index contributed by atoms with van der Waals surface area (Å²) < 4.78 is 5.48. The minimum absolute atomic E-state index is 0.404. The molecule has 0 bridgehead atoms. The lowest BCUT2D eigenvalue weighted by Crippen LogP contribution is -2.43. The number of benzene rings is 1. The van der Waals surface area contributed by atoms with Crippen molar-refractivity contribution < 1.29 is 4.74 Å². The van der Waals surface area contributed by atoms with Gasteiger partial charge in [0.2, 0.25) is 0 Å². The predicted molar refractivity (Wildman–Crippen MR) is 79.7 cm³/mol. The Morgan fingerprint density at radius 2 is 2.16 bits per heavy atom. The second-order valence-corrected chi connectivity index (χ2v) is 5.66. The third-order valence-electron chi connectivity index (χ3n) is 3.84. The van der Waals surface area contributed by atoms with Crippen LogP contribution in [-0.4, -0.2) is 44.3 Å². The zero-order valence-corrected chi connectivity index (χ0v) is 12.5. The van der Waals surface area contributed by atoms with Crippen molar-refractivity contribution in [1.82, 2.24) is 10.2 Å². The van der Waals surface area contributed by atoms with Crippen molar-refractivity contribution in [1.29, 1.82) is 0 Å². The first-order valence-electron chi connectivity index (χ1n) is 6.93. The maximum absolute atomic E-state index is 5.92. The van der Waals surface area contributed by atoms with Crippen LogP contribution in [0.2, 0.25) is 5.02 Å². The first-order valence-corrected chi connectivity index (χ1v) is 7.31. The van der Waals surface area contributed by atoms with Gasteiger partial charge in [0.25, 0.3) is 0 Å². The van der Waals surface area contributed by atoms with Crippen molar-refractivity contribution in [3.8, 4) is 0 Å². The molecule has 1 aliphatic rings. The van der Waals surface area contributed by atoms with Gasteiger partial charge in [-0.3, -0.25) is 4.90 Å². The highest BCUT2D eigenvalue weighted by molar-refractivity contribution is 6.30. The summed E-state index contributed by atoms with van der Waals surface area (Å²) in [4.78, 5) is 2.37. The molecule has 1 aromatic carbocycles. The molecule has 2 rings (SSSR count). The van der Waals surface area contributed by atoms with Crippen molar-refractivity contribution in [2.75, 3.05) is 33.4 Å². The fourth-order valence-electron chi connectivity index (χ4n) is 2.35. The van der Waals surface area contributed by atoms with Crippen molar-refractivity contribution in [2.24, 2.45) is 0 Å². The molecule has 1 N–H and O–H groups in total. The van der Waals surface area contributed by atoms with Crippen molar-refractivity contribution in [3.63, 3.8) is 0 Å². The van der Waals surface area contributed by atoms with Gasteiger partial charge in [-0.1, -0.05) is 23.7 Å². The number of hydrogen-bond acceptors (Lipinski definition) is 3. The third kappa shape index (κ3) is 4.46. The first-order chi connectivity index (χ1) is 9.16. The van der Waals surface area contributed by atoms with Gasteiger partial charge in [-0.2, -0.15) is 0 Å². The molecule has 1 aromatic rings. The van der Waals surface area contributed by atoms with Crippen LogP contribution in [-0.2, 0) is 4.74 Å². The van der Waals surface area contributed by atoms with E-state index in [9.17, 15) is 0 Å². The van der Waals surface area contributed by atoms with Crippen LogP contribution in [0.4, 0.5) is 0 Å². The number of nitrogens with zero attached hydrogens (tertiary/aromatic N) is 1. The number of halogens is 1. The molecule has 1 fully saturated rings. The van der Waals surface area contributed by atoms with Crippen molar-refractivity contribution in [2.45, 2.75) is 25.4 Å². The van der Waals surface area contributed by atoms with Crippen LogP contribution in [0.25, 0.3) is 0 Å². The molecule has 0 aliphatic carbocycles. The fraction of sp³-hybridized carbons (Fsp3) is 0.600. The average molecular weight is 283 g/mol. The zero-order valence-electron chi connectivity index (χ0n) is 11.7. The number of morpholine rings is 1. The van der Waals surface area contributed by atoms with E-state index >= 15 is 0 Å². The molecular formula is C15H23ClN2O. The second-order valence-electron chi connectivity index (χ2n) is 5.22. The lowest BCUT2D eigenvalue weighted by molar-refractivity contribution is 0.0695. The maximum Gasteiger partial charge on any atom is 0.0620 e. The van der Waals surface area contributed by atoms with E-state index in [0.29, 0.717) is 12.1 Å². The summed E-state index contributed by atoms with van der Waals surface area (Å²) in [6.45, 7) is 5.94. The van der Waals surface area contributed by atoms with E-state index in [1.807, 2.05) is 12.1 Å². The van der Waals surface area contributed by atoms with E-state index in [0.717, 1.165) is 37.7 Å². The molecule has 3 nitrogen and oxygen atoms in total. The molecule has 106 valence electrons. The maximum atomic E-state index is 5.92. The molecule has 19 heavy (non-hydrogen) atoms. The summed E-state index contributed by atoms with van der Waals surface area (Å²) in [6, 6.07) is 9.02. The summed E-state index contributed by atoms with van der Waals surface area (Å²) >= 11 is 5.92. The van der Waals surface area contributed by atoms with Crippen LogP contribution in [0.3, 0.4) is 0 Å². The van der Waals surface area contributed by atoms with E-state index < -0.39 is 0 Å². The van der Waals surface area contributed by atoms with Crippen LogP contribution in [0, 0.1) is 0 Å². The first kappa shape index (κ1) is 14.8. The van der Waals surface area contributed by atoms with E-state index in [1.165, 1.54) is 5.56 Å². The van der Waals surface area contributed by atoms with Gasteiger partial charge in [-0.05, 0) is 44.6 Å². The normalized spacial score (nSPS) is 21.6. The van der Waals surface area contributed by atoms with Crippen molar-refractivity contribution >= 4 is 11.6 Å². The summed E-state index contributed by atoms with van der Waals surface area (Å²) in [5.41, 5.74) is 1.31. The van der Waals surface area contributed by atoms with E-state index in [1.54, 1.807) is 0 Å². The van der Waals surface area contributed by atoms with Gasteiger partial charge in [-0.25, -0.2) is 0 Å². The molecule has 0 saturated carbocycles. The molecular weight excluding hydrogens is 260 g/mol. The van der Waals surface area contributed by atoms with Crippen LogP contribution in [0.1, 0.15) is 24.9 Å². The molecule has 0 spiro atoms. The molecule has 1 saturated heterocycles. The Kier molecular flexibility index (Phi) is 5.64. The summed E-state index contributed by atoms with van der Waals surface area (Å²) in [7, 11) is 2.17. The largest absolute Gasteiger partial charge is 0.379 e. The van der Waals surface area contributed by atoms with E-state index in [2.05, 4.69) is 36.3 Å². The molecule has 0 radical (unpaired) electrons. The smallest absolute Gasteiger partial charge is 0.0620 e. The van der Waals surface area contributed by atoms with Crippen LogP contribution >= 0.6 is 11.6 Å². The highest BCUT2D eigenvalue weighted by Gasteiger charge is 2.16. The van der Waals surface area contributed by atoms with Gasteiger partial charge in [0.05, 0.1) is 13.2 Å². The van der Waals surface area contributed by atoms with Gasteiger partial charge in [0.15, 0.2) is 0 Å². The van der Waals surface area contributed by atoms with Gasteiger partial charge in [0.1, 0.15) is 0 Å². The Bertz CT molecular complexity index is 376. The molecule has 1 aliphatic heterocycles. The Morgan fingerprint density at radius 3 is 2.79 bits per heavy atom. The highest BCUT2D eigenvalue weighted by Crippen LogP contribution is 2.21.